The zero-order valence-corrected chi connectivity index (χ0v) is 26.9. The van der Waals surface area contributed by atoms with Crippen LogP contribution in [0.4, 0.5) is 21.8 Å². The van der Waals surface area contributed by atoms with Crippen molar-refractivity contribution in [3.63, 3.8) is 0 Å². The zero-order valence-electron chi connectivity index (χ0n) is 22.6. The molecule has 10 nitrogen and oxygen atoms in total. The number of hydrogen-bond donors (Lipinski definition) is 6. The maximum Gasteiger partial charge on any atom is 0.215 e. The Morgan fingerprint density at radius 2 is 1.41 bits per heavy atom. The topological polar surface area (TPSA) is 147 Å². The zero-order chi connectivity index (χ0) is 28.7. The van der Waals surface area contributed by atoms with Crippen molar-refractivity contribution in [3.05, 3.63) is 37.4 Å². The number of aliphatic hydroxyl groups is 2. The number of pyridine rings is 2. The molecule has 39 heavy (non-hydrogen) atoms. The number of rotatable bonds is 8. The van der Waals surface area contributed by atoms with Crippen molar-refractivity contribution in [2.24, 2.45) is 0 Å². The van der Waals surface area contributed by atoms with E-state index in [9.17, 15) is 4.39 Å². The number of ether oxygens (including phenoxy) is 2. The van der Waals surface area contributed by atoms with Gasteiger partial charge in [0.2, 0.25) is 5.95 Å². The molecule has 2 aromatic rings. The van der Waals surface area contributed by atoms with E-state index in [1.165, 1.54) is 6.07 Å². The van der Waals surface area contributed by atoms with E-state index < -0.39 is 5.95 Å². The van der Waals surface area contributed by atoms with E-state index in [4.69, 9.17) is 25.4 Å². The summed E-state index contributed by atoms with van der Waals surface area (Å²) in [4.78, 5) is 7.87. The van der Waals surface area contributed by atoms with E-state index in [0.29, 0.717) is 11.6 Å². The molecular formula is C26H41FI2N6O4. The molecule has 0 atom stereocenters. The summed E-state index contributed by atoms with van der Waals surface area (Å²) in [6.45, 7) is 9.72. The molecular weight excluding hydrogens is 733 g/mol. The standard InChI is InChI=1S/C9H10FIN2O.C9H12IN3O.C4H9NO.C4H10O/c10-7-3-6(11)4-8(12-7)13-9(5-14)1-2-9;10-6-3-7(11)12-8(4-6)13-9(5-14)1-2-9;1-3-6-4-2-5-1;1-3-5-4-2/h3-4,14H,1-2,5H2,(H,12,13);3-4,14H,1-2,5H2,(H3,11,12,13);5H,1-4H2;3-4H2,1-2H3. The van der Waals surface area contributed by atoms with Gasteiger partial charge in [-0.25, -0.2) is 9.97 Å². The molecule has 7 N–H and O–H groups in total. The lowest BCUT2D eigenvalue weighted by atomic mass is 10.3. The average Bonchev–Trinajstić information content (AvgIpc) is 3.83. The van der Waals surface area contributed by atoms with Crippen molar-refractivity contribution < 1.29 is 24.1 Å². The maximum absolute atomic E-state index is 12.9. The molecule has 2 aromatic heterocycles. The molecule has 1 saturated heterocycles. The fourth-order valence-corrected chi connectivity index (χ4v) is 4.49. The van der Waals surface area contributed by atoms with Crippen LogP contribution in [0.5, 0.6) is 0 Å². The second-order valence-electron chi connectivity index (χ2n) is 9.36. The number of nitrogen functional groups attached to an aromatic ring is 1. The van der Waals surface area contributed by atoms with Gasteiger partial charge in [-0.2, -0.15) is 4.39 Å². The van der Waals surface area contributed by atoms with Crippen molar-refractivity contribution in [2.75, 3.05) is 69.1 Å². The summed E-state index contributed by atoms with van der Waals surface area (Å²) in [5.74, 6) is 1.27. The Morgan fingerprint density at radius 3 is 1.72 bits per heavy atom. The first-order valence-corrected chi connectivity index (χ1v) is 15.2. The van der Waals surface area contributed by atoms with Crippen LogP contribution in [0.1, 0.15) is 39.5 Å². The molecule has 5 rings (SSSR count). The number of hydrogen-bond acceptors (Lipinski definition) is 10. The van der Waals surface area contributed by atoms with Crippen LogP contribution in [0.15, 0.2) is 24.3 Å². The first-order valence-electron chi connectivity index (χ1n) is 13.1. The highest BCUT2D eigenvalue weighted by Crippen LogP contribution is 2.38. The highest BCUT2D eigenvalue weighted by molar-refractivity contribution is 14.1. The van der Waals surface area contributed by atoms with Gasteiger partial charge in [-0.1, -0.05) is 0 Å². The number of morpholine rings is 1. The van der Waals surface area contributed by atoms with E-state index in [2.05, 4.69) is 48.5 Å². The number of nitrogens with zero attached hydrogens (tertiary/aromatic N) is 2. The molecule has 2 saturated carbocycles. The normalized spacial score (nSPS) is 17.6. The fraction of sp³-hybridized carbons (Fsp3) is 0.615. The molecule has 3 aliphatic rings. The largest absolute Gasteiger partial charge is 0.394 e. The minimum absolute atomic E-state index is 0.0712. The first-order chi connectivity index (χ1) is 18.7. The summed E-state index contributed by atoms with van der Waals surface area (Å²) >= 11 is 4.23. The van der Waals surface area contributed by atoms with Crippen LogP contribution in [0.25, 0.3) is 0 Å². The van der Waals surface area contributed by atoms with Gasteiger partial charge in [0.15, 0.2) is 0 Å². The predicted molar refractivity (Wildman–Crippen MR) is 169 cm³/mol. The van der Waals surface area contributed by atoms with Gasteiger partial charge in [-0.15, -0.1) is 0 Å². The lowest BCUT2D eigenvalue weighted by molar-refractivity contribution is 0.109. The molecule has 0 aromatic carbocycles. The molecule has 0 bridgehead atoms. The third-order valence-corrected chi connectivity index (χ3v) is 7.17. The first kappa shape index (κ1) is 34.1. The van der Waals surface area contributed by atoms with Gasteiger partial charge in [0.1, 0.15) is 17.5 Å². The highest BCUT2D eigenvalue weighted by atomic mass is 127. The number of anilines is 3. The molecule has 3 heterocycles. The molecule has 0 unspecified atom stereocenters. The summed E-state index contributed by atoms with van der Waals surface area (Å²) in [6, 6.07) is 6.86. The Bertz CT molecular complexity index is 871. The second-order valence-corrected chi connectivity index (χ2v) is 11.9. The minimum Gasteiger partial charge on any atom is -0.394 e. The molecule has 0 radical (unpaired) electrons. The smallest absolute Gasteiger partial charge is 0.215 e. The van der Waals surface area contributed by atoms with Gasteiger partial charge >= 0.3 is 0 Å². The molecule has 13 heteroatoms. The fourth-order valence-electron chi connectivity index (χ4n) is 3.32. The van der Waals surface area contributed by atoms with Crippen molar-refractivity contribution in [3.8, 4) is 0 Å². The van der Waals surface area contributed by atoms with Crippen LogP contribution < -0.4 is 21.7 Å². The van der Waals surface area contributed by atoms with Gasteiger partial charge < -0.3 is 41.4 Å². The van der Waals surface area contributed by atoms with Crippen LogP contribution in [0.2, 0.25) is 0 Å². The van der Waals surface area contributed by atoms with E-state index in [1.807, 2.05) is 48.6 Å². The Balaban J connectivity index is 0.000000200. The van der Waals surface area contributed by atoms with E-state index in [1.54, 1.807) is 6.07 Å². The Kier molecular flexibility index (Phi) is 15.4. The van der Waals surface area contributed by atoms with E-state index >= 15 is 0 Å². The van der Waals surface area contributed by atoms with Gasteiger partial charge in [0.05, 0.1) is 37.5 Å². The summed E-state index contributed by atoms with van der Waals surface area (Å²) in [6.07, 6.45) is 3.82. The third kappa shape index (κ3) is 13.9. The minimum atomic E-state index is -0.492. The average molecular weight is 774 g/mol. The number of nitrogens with two attached hydrogens (primary N) is 1. The number of aliphatic hydroxyl groups excluding tert-OH is 2. The molecule has 0 spiro atoms. The van der Waals surface area contributed by atoms with Crippen molar-refractivity contribution >= 4 is 62.6 Å². The molecule has 0 amide bonds. The van der Waals surface area contributed by atoms with Crippen molar-refractivity contribution in [1.29, 1.82) is 0 Å². The Labute approximate surface area is 257 Å². The molecule has 2 aliphatic carbocycles. The maximum atomic E-state index is 12.9. The summed E-state index contributed by atoms with van der Waals surface area (Å²) in [7, 11) is 0. The van der Waals surface area contributed by atoms with Gasteiger partial charge in [0, 0.05) is 39.5 Å². The molecule has 220 valence electrons. The van der Waals surface area contributed by atoms with Crippen LogP contribution in [0.3, 0.4) is 0 Å². The SMILES string of the molecule is C1COCCN1.CCOCC.Nc1cc(I)cc(NC2(CO)CC2)n1.OCC1(Nc2cc(I)cc(F)n2)CC1. The van der Waals surface area contributed by atoms with Gasteiger partial charge in [-0.05, 0) is 103 Å². The van der Waals surface area contributed by atoms with E-state index in [-0.39, 0.29) is 24.3 Å². The summed E-state index contributed by atoms with van der Waals surface area (Å²) < 4.78 is 24.6. The van der Waals surface area contributed by atoms with Gasteiger partial charge in [-0.3, -0.25) is 0 Å². The lowest BCUT2D eigenvalue weighted by Crippen LogP contribution is -2.30. The molecule has 1 aliphatic heterocycles. The van der Waals surface area contributed by atoms with Gasteiger partial charge in [0.25, 0.3) is 0 Å². The Hall–Kier alpha value is -1.11. The van der Waals surface area contributed by atoms with Crippen LogP contribution >= 0.6 is 45.2 Å². The summed E-state index contributed by atoms with van der Waals surface area (Å²) in [5, 5.41) is 27.6. The number of aromatic nitrogens is 2. The Morgan fingerprint density at radius 1 is 0.923 bits per heavy atom. The van der Waals surface area contributed by atoms with E-state index in [0.717, 1.165) is 78.2 Å². The van der Waals surface area contributed by atoms with Crippen molar-refractivity contribution in [2.45, 2.75) is 50.6 Å². The molecule has 3 fully saturated rings. The predicted octanol–water partition coefficient (Wildman–Crippen LogP) is 3.62. The number of nitrogens with one attached hydrogen (secondary N) is 3. The van der Waals surface area contributed by atoms with Crippen molar-refractivity contribution in [1.82, 2.24) is 15.3 Å². The van der Waals surface area contributed by atoms with Crippen LogP contribution in [-0.4, -0.2) is 84.0 Å². The highest BCUT2D eigenvalue weighted by Gasteiger charge is 2.43. The third-order valence-electron chi connectivity index (χ3n) is 5.92. The lowest BCUT2D eigenvalue weighted by Gasteiger charge is -2.15. The quantitative estimate of drug-likeness (QED) is 0.174. The summed E-state index contributed by atoms with van der Waals surface area (Å²) in [5.41, 5.74) is 5.24. The monoisotopic (exact) mass is 774 g/mol. The van der Waals surface area contributed by atoms with Crippen LogP contribution in [-0.2, 0) is 9.47 Å². The van der Waals surface area contributed by atoms with Crippen LogP contribution in [0, 0.1) is 13.1 Å². The number of halogens is 3. The second kappa shape index (κ2) is 17.6.